The first-order valence-electron chi connectivity index (χ1n) is 9.27. The van der Waals surface area contributed by atoms with Crippen LogP contribution in [-0.4, -0.2) is 25.8 Å². The lowest BCUT2D eigenvalue weighted by Crippen LogP contribution is -2.51. The first-order chi connectivity index (χ1) is 14.4. The van der Waals surface area contributed by atoms with E-state index in [0.717, 1.165) is 6.42 Å². The quantitative estimate of drug-likeness (QED) is 0.446. The van der Waals surface area contributed by atoms with E-state index in [1.165, 1.54) is 20.3 Å². The minimum absolute atomic E-state index is 0.230. The summed E-state index contributed by atoms with van der Waals surface area (Å²) in [6.45, 7) is 0. The molecule has 0 unspecified atom stereocenters. The van der Waals surface area contributed by atoms with Crippen molar-refractivity contribution >= 4 is 44.5 Å². The van der Waals surface area contributed by atoms with E-state index >= 15 is 0 Å². The number of methoxy groups -OCH3 is 2. The van der Waals surface area contributed by atoms with E-state index < -0.39 is 11.6 Å². The summed E-state index contributed by atoms with van der Waals surface area (Å²) >= 11 is 9.70. The van der Waals surface area contributed by atoms with Gasteiger partial charge < -0.3 is 18.6 Å². The van der Waals surface area contributed by atoms with E-state index in [1.54, 1.807) is 30.3 Å². The molecule has 1 heterocycles. The van der Waals surface area contributed by atoms with Crippen LogP contribution >= 0.6 is 27.5 Å². The summed E-state index contributed by atoms with van der Waals surface area (Å²) in [5, 5.41) is 0.719. The molecule has 6 nitrogen and oxygen atoms in total. The number of halogens is 2. The van der Waals surface area contributed by atoms with Crippen LogP contribution in [0.5, 0.6) is 11.5 Å². The molecule has 1 saturated carbocycles. The van der Waals surface area contributed by atoms with Crippen LogP contribution in [0.15, 0.2) is 50.1 Å². The lowest BCUT2D eigenvalue weighted by molar-refractivity contribution is -0.167. The highest BCUT2D eigenvalue weighted by atomic mass is 79.9. The van der Waals surface area contributed by atoms with E-state index in [4.69, 9.17) is 30.2 Å². The van der Waals surface area contributed by atoms with Crippen LogP contribution in [0, 0.1) is 0 Å². The van der Waals surface area contributed by atoms with Crippen molar-refractivity contribution in [2.45, 2.75) is 24.9 Å². The SMILES string of the molecule is COC(=O)C1(Oc2c(Br)ccc(-c3cc(=O)c4cccc(Cl)c4o3)c2OC)CCC1. The molecule has 1 aromatic heterocycles. The first-order valence-corrected chi connectivity index (χ1v) is 10.4. The number of carbonyl (C=O) groups excluding carboxylic acids is 1. The summed E-state index contributed by atoms with van der Waals surface area (Å²) in [5.74, 6) is 0.503. The lowest BCUT2D eigenvalue weighted by atomic mass is 9.80. The third kappa shape index (κ3) is 3.36. The monoisotopic (exact) mass is 492 g/mol. The van der Waals surface area contributed by atoms with Gasteiger partial charge in [0.15, 0.2) is 22.5 Å². The van der Waals surface area contributed by atoms with Gasteiger partial charge in [-0.15, -0.1) is 0 Å². The van der Waals surface area contributed by atoms with E-state index in [0.29, 0.717) is 50.4 Å². The Balaban J connectivity index is 1.88. The Morgan fingerprint density at radius 2 is 1.93 bits per heavy atom. The van der Waals surface area contributed by atoms with E-state index in [-0.39, 0.29) is 11.2 Å². The smallest absolute Gasteiger partial charge is 0.350 e. The molecule has 4 rings (SSSR count). The van der Waals surface area contributed by atoms with E-state index in [1.807, 2.05) is 0 Å². The second-order valence-electron chi connectivity index (χ2n) is 6.99. The second kappa shape index (κ2) is 7.96. The van der Waals surface area contributed by atoms with Gasteiger partial charge >= 0.3 is 5.97 Å². The number of benzene rings is 2. The van der Waals surface area contributed by atoms with Crippen LogP contribution in [-0.2, 0) is 9.53 Å². The highest BCUT2D eigenvalue weighted by molar-refractivity contribution is 9.10. The number of ether oxygens (including phenoxy) is 3. The number of esters is 1. The van der Waals surface area contributed by atoms with Crippen LogP contribution in [0.2, 0.25) is 5.02 Å². The molecule has 3 aromatic rings. The average molecular weight is 494 g/mol. The molecular formula is C22H18BrClO6. The Morgan fingerprint density at radius 3 is 2.57 bits per heavy atom. The zero-order chi connectivity index (χ0) is 21.5. The fourth-order valence-electron chi connectivity index (χ4n) is 3.53. The number of carbonyl (C=O) groups is 1. The second-order valence-corrected chi connectivity index (χ2v) is 8.25. The minimum atomic E-state index is -1.06. The van der Waals surface area contributed by atoms with Crippen molar-refractivity contribution in [2.75, 3.05) is 14.2 Å². The molecular weight excluding hydrogens is 476 g/mol. The summed E-state index contributed by atoms with van der Waals surface area (Å²) < 4.78 is 23.3. The number of fused-ring (bicyclic) bond motifs is 1. The fourth-order valence-corrected chi connectivity index (χ4v) is 4.14. The Kier molecular flexibility index (Phi) is 5.51. The molecule has 0 N–H and O–H groups in total. The number of para-hydroxylation sites is 1. The van der Waals surface area contributed by atoms with Crippen LogP contribution < -0.4 is 14.9 Å². The first kappa shape index (κ1) is 20.8. The molecule has 8 heteroatoms. The van der Waals surface area contributed by atoms with Gasteiger partial charge in [-0.1, -0.05) is 17.7 Å². The predicted octanol–water partition coefficient (Wildman–Crippen LogP) is 5.36. The average Bonchev–Trinajstić information content (AvgIpc) is 2.71. The van der Waals surface area contributed by atoms with Gasteiger partial charge in [0.05, 0.1) is 34.7 Å². The summed E-state index contributed by atoms with van der Waals surface area (Å²) in [7, 11) is 2.82. The Bertz CT molecular complexity index is 1200. The highest BCUT2D eigenvalue weighted by Crippen LogP contribution is 2.48. The Hall–Kier alpha value is -2.51. The van der Waals surface area contributed by atoms with Gasteiger partial charge in [-0.25, -0.2) is 4.79 Å². The maximum atomic E-state index is 12.6. The molecule has 0 saturated heterocycles. The Labute approximate surface area is 185 Å². The molecule has 1 fully saturated rings. The maximum absolute atomic E-state index is 12.6. The Morgan fingerprint density at radius 1 is 1.17 bits per heavy atom. The number of hydrogen-bond donors (Lipinski definition) is 0. The van der Waals surface area contributed by atoms with Gasteiger partial charge in [0.25, 0.3) is 0 Å². The minimum Gasteiger partial charge on any atom is -0.492 e. The zero-order valence-corrected chi connectivity index (χ0v) is 18.6. The summed E-state index contributed by atoms with van der Waals surface area (Å²) in [4.78, 5) is 25.0. The molecule has 156 valence electrons. The standard InChI is InChI=1S/C22H18BrClO6/c1-27-19-13(17-11-16(25)12-5-3-6-15(24)18(12)29-17)7-8-14(23)20(19)30-22(9-4-10-22)21(26)28-2/h3,5-8,11H,4,9-10H2,1-2H3. The molecule has 0 spiro atoms. The molecule has 2 aromatic carbocycles. The van der Waals surface area contributed by atoms with Gasteiger partial charge in [0, 0.05) is 6.07 Å². The van der Waals surface area contributed by atoms with E-state index in [9.17, 15) is 9.59 Å². The molecule has 1 aliphatic carbocycles. The highest BCUT2D eigenvalue weighted by Gasteiger charge is 2.49. The number of rotatable bonds is 5. The van der Waals surface area contributed by atoms with Crippen LogP contribution in [0.4, 0.5) is 0 Å². The third-order valence-corrected chi connectivity index (χ3v) is 6.18. The summed E-state index contributed by atoms with van der Waals surface area (Å²) in [6, 6.07) is 9.86. The van der Waals surface area contributed by atoms with Gasteiger partial charge in [-0.3, -0.25) is 4.79 Å². The lowest BCUT2D eigenvalue weighted by Gasteiger charge is -2.39. The fraction of sp³-hybridized carbons (Fsp3) is 0.273. The van der Waals surface area contributed by atoms with Crippen molar-refractivity contribution in [3.05, 3.63) is 56.1 Å². The zero-order valence-electron chi connectivity index (χ0n) is 16.3. The molecule has 0 radical (unpaired) electrons. The molecule has 0 aliphatic heterocycles. The van der Waals surface area contributed by atoms with Gasteiger partial charge in [-0.2, -0.15) is 0 Å². The van der Waals surface area contributed by atoms with Gasteiger partial charge in [0.2, 0.25) is 5.60 Å². The van der Waals surface area contributed by atoms with Crippen molar-refractivity contribution in [1.82, 2.24) is 0 Å². The molecule has 0 atom stereocenters. The van der Waals surface area contributed by atoms with Crippen molar-refractivity contribution in [2.24, 2.45) is 0 Å². The number of hydrogen-bond acceptors (Lipinski definition) is 6. The van der Waals surface area contributed by atoms with Gasteiger partial charge in [-0.05, 0) is 59.5 Å². The third-order valence-electron chi connectivity index (χ3n) is 5.26. The van der Waals surface area contributed by atoms with Crippen LogP contribution in [0.1, 0.15) is 19.3 Å². The van der Waals surface area contributed by atoms with Crippen LogP contribution in [0.3, 0.4) is 0 Å². The molecule has 1 aliphatic rings. The molecule has 0 amide bonds. The van der Waals surface area contributed by atoms with E-state index in [2.05, 4.69) is 15.9 Å². The summed E-state index contributed by atoms with van der Waals surface area (Å²) in [6.07, 6.45) is 1.94. The maximum Gasteiger partial charge on any atom is 0.350 e. The normalized spacial score (nSPS) is 14.8. The molecule has 0 bridgehead atoms. The predicted molar refractivity (Wildman–Crippen MR) is 116 cm³/mol. The topological polar surface area (TPSA) is 75.0 Å². The van der Waals surface area contributed by atoms with Crippen molar-refractivity contribution < 1.29 is 23.4 Å². The van der Waals surface area contributed by atoms with Crippen LogP contribution in [0.25, 0.3) is 22.3 Å². The molecule has 30 heavy (non-hydrogen) atoms. The van der Waals surface area contributed by atoms with Crippen molar-refractivity contribution in [3.8, 4) is 22.8 Å². The largest absolute Gasteiger partial charge is 0.492 e. The van der Waals surface area contributed by atoms with Crippen molar-refractivity contribution in [1.29, 1.82) is 0 Å². The summed E-state index contributed by atoms with van der Waals surface area (Å²) in [5.41, 5.74) is -0.504. The van der Waals surface area contributed by atoms with Gasteiger partial charge in [0.1, 0.15) is 5.76 Å². The van der Waals surface area contributed by atoms with Crippen molar-refractivity contribution in [3.63, 3.8) is 0 Å².